The van der Waals surface area contributed by atoms with Gasteiger partial charge in [-0.05, 0) is 43.1 Å². The topological polar surface area (TPSA) is 21.3 Å². The van der Waals surface area contributed by atoms with Crippen LogP contribution in [0.3, 0.4) is 0 Å². The van der Waals surface area contributed by atoms with Crippen LogP contribution in [-0.2, 0) is 6.54 Å². The van der Waals surface area contributed by atoms with Crippen LogP contribution in [0.4, 0.5) is 0 Å². The SMILES string of the molecule is CNCc1sc2ccc(OC)cc2c1C. The maximum Gasteiger partial charge on any atom is 0.119 e. The van der Waals surface area contributed by atoms with Crippen molar-refractivity contribution in [2.75, 3.05) is 14.2 Å². The highest BCUT2D eigenvalue weighted by Gasteiger charge is 2.08. The minimum absolute atomic E-state index is 0.930. The van der Waals surface area contributed by atoms with Gasteiger partial charge in [-0.1, -0.05) is 0 Å². The third-order valence-corrected chi connectivity index (χ3v) is 3.85. The number of nitrogens with one attached hydrogen (secondary N) is 1. The quantitative estimate of drug-likeness (QED) is 0.860. The average molecular weight is 221 g/mol. The molecule has 0 fully saturated rings. The summed E-state index contributed by atoms with van der Waals surface area (Å²) in [6, 6.07) is 6.26. The molecular weight excluding hydrogens is 206 g/mol. The fourth-order valence-electron chi connectivity index (χ4n) is 1.71. The zero-order valence-corrected chi connectivity index (χ0v) is 10.1. The van der Waals surface area contributed by atoms with E-state index in [2.05, 4.69) is 24.4 Å². The highest BCUT2D eigenvalue weighted by atomic mass is 32.1. The van der Waals surface area contributed by atoms with Gasteiger partial charge in [0.1, 0.15) is 5.75 Å². The lowest BCUT2D eigenvalue weighted by atomic mass is 10.1. The zero-order valence-electron chi connectivity index (χ0n) is 9.26. The fourth-order valence-corrected chi connectivity index (χ4v) is 2.91. The van der Waals surface area contributed by atoms with Gasteiger partial charge < -0.3 is 10.1 Å². The van der Waals surface area contributed by atoms with E-state index in [9.17, 15) is 0 Å². The summed E-state index contributed by atoms with van der Waals surface area (Å²) in [5, 5.41) is 4.50. The molecular formula is C12H15NOS. The molecule has 80 valence electrons. The summed E-state index contributed by atoms with van der Waals surface area (Å²) < 4.78 is 6.57. The Hall–Kier alpha value is -1.06. The lowest BCUT2D eigenvalue weighted by molar-refractivity contribution is 0.415. The van der Waals surface area contributed by atoms with Crippen molar-refractivity contribution in [1.82, 2.24) is 5.32 Å². The minimum Gasteiger partial charge on any atom is -0.497 e. The van der Waals surface area contributed by atoms with Gasteiger partial charge in [0.15, 0.2) is 0 Å². The Kier molecular flexibility index (Phi) is 2.93. The Morgan fingerprint density at radius 2 is 2.20 bits per heavy atom. The molecule has 0 aliphatic rings. The number of rotatable bonds is 3. The van der Waals surface area contributed by atoms with Crippen molar-refractivity contribution in [1.29, 1.82) is 0 Å². The fraction of sp³-hybridized carbons (Fsp3) is 0.333. The van der Waals surface area contributed by atoms with E-state index in [-0.39, 0.29) is 0 Å². The van der Waals surface area contributed by atoms with Crippen LogP contribution in [0.2, 0.25) is 0 Å². The third kappa shape index (κ3) is 1.85. The van der Waals surface area contributed by atoms with Gasteiger partial charge in [-0.2, -0.15) is 0 Å². The van der Waals surface area contributed by atoms with E-state index in [4.69, 9.17) is 4.74 Å². The van der Waals surface area contributed by atoms with Crippen LogP contribution in [0.15, 0.2) is 18.2 Å². The maximum atomic E-state index is 5.24. The molecule has 15 heavy (non-hydrogen) atoms. The van der Waals surface area contributed by atoms with E-state index in [1.807, 2.05) is 24.5 Å². The van der Waals surface area contributed by atoms with Crippen molar-refractivity contribution in [2.45, 2.75) is 13.5 Å². The van der Waals surface area contributed by atoms with Gasteiger partial charge >= 0.3 is 0 Å². The van der Waals surface area contributed by atoms with Crippen LogP contribution in [0.25, 0.3) is 10.1 Å². The molecule has 0 bridgehead atoms. The number of ether oxygens (including phenoxy) is 1. The third-order valence-electron chi connectivity index (χ3n) is 2.58. The first-order valence-electron chi connectivity index (χ1n) is 4.97. The molecule has 3 heteroatoms. The first-order valence-corrected chi connectivity index (χ1v) is 5.78. The number of hydrogen-bond donors (Lipinski definition) is 1. The summed E-state index contributed by atoms with van der Waals surface area (Å²) in [5.41, 5.74) is 1.36. The summed E-state index contributed by atoms with van der Waals surface area (Å²) in [5.74, 6) is 0.930. The highest BCUT2D eigenvalue weighted by molar-refractivity contribution is 7.19. The molecule has 0 saturated heterocycles. The summed E-state index contributed by atoms with van der Waals surface area (Å²) in [4.78, 5) is 1.40. The number of fused-ring (bicyclic) bond motifs is 1. The molecule has 2 nitrogen and oxygen atoms in total. The Morgan fingerprint density at radius 3 is 2.87 bits per heavy atom. The largest absolute Gasteiger partial charge is 0.497 e. The lowest BCUT2D eigenvalue weighted by Gasteiger charge is -1.99. The normalized spacial score (nSPS) is 10.9. The lowest BCUT2D eigenvalue weighted by Crippen LogP contribution is -2.03. The summed E-state index contributed by atoms with van der Waals surface area (Å²) in [6.45, 7) is 3.11. The first kappa shape index (κ1) is 10.5. The summed E-state index contributed by atoms with van der Waals surface area (Å²) in [6.07, 6.45) is 0. The average Bonchev–Trinajstić information content (AvgIpc) is 2.56. The maximum absolute atomic E-state index is 5.24. The predicted molar refractivity (Wildman–Crippen MR) is 65.9 cm³/mol. The van der Waals surface area contributed by atoms with Crippen molar-refractivity contribution in [3.8, 4) is 5.75 Å². The minimum atomic E-state index is 0.930. The second-order valence-electron chi connectivity index (χ2n) is 3.54. The second-order valence-corrected chi connectivity index (χ2v) is 4.68. The van der Waals surface area contributed by atoms with Crippen LogP contribution in [0, 0.1) is 6.92 Å². The number of benzene rings is 1. The second kappa shape index (κ2) is 4.21. The van der Waals surface area contributed by atoms with E-state index >= 15 is 0 Å². The summed E-state index contributed by atoms with van der Waals surface area (Å²) >= 11 is 1.85. The van der Waals surface area contributed by atoms with Gasteiger partial charge in [0.25, 0.3) is 0 Å². The van der Waals surface area contributed by atoms with Gasteiger partial charge in [0.2, 0.25) is 0 Å². The van der Waals surface area contributed by atoms with Crippen molar-refractivity contribution in [2.24, 2.45) is 0 Å². The molecule has 1 aromatic heterocycles. The van der Waals surface area contributed by atoms with Crippen LogP contribution in [0.1, 0.15) is 10.4 Å². The Bertz CT molecular complexity index is 476. The molecule has 1 heterocycles. The molecule has 0 radical (unpaired) electrons. The zero-order chi connectivity index (χ0) is 10.8. The highest BCUT2D eigenvalue weighted by Crippen LogP contribution is 2.33. The molecule has 0 unspecified atom stereocenters. The molecule has 0 amide bonds. The van der Waals surface area contributed by atoms with E-state index in [0.717, 1.165) is 12.3 Å². The van der Waals surface area contributed by atoms with Crippen LogP contribution < -0.4 is 10.1 Å². The van der Waals surface area contributed by atoms with E-state index in [0.29, 0.717) is 0 Å². The van der Waals surface area contributed by atoms with Crippen LogP contribution in [0.5, 0.6) is 5.75 Å². The molecule has 0 spiro atoms. The molecule has 2 rings (SSSR count). The molecule has 0 aliphatic carbocycles. The first-order chi connectivity index (χ1) is 7.26. The van der Waals surface area contributed by atoms with Crippen molar-refractivity contribution < 1.29 is 4.74 Å². The van der Waals surface area contributed by atoms with Gasteiger partial charge in [-0.3, -0.25) is 0 Å². The van der Waals surface area contributed by atoms with E-state index < -0.39 is 0 Å². The number of methoxy groups -OCH3 is 1. The summed E-state index contributed by atoms with van der Waals surface area (Å²) in [7, 11) is 3.68. The molecule has 1 N–H and O–H groups in total. The predicted octanol–water partition coefficient (Wildman–Crippen LogP) is 2.94. The van der Waals surface area contributed by atoms with Gasteiger partial charge in [0.05, 0.1) is 7.11 Å². The van der Waals surface area contributed by atoms with Crippen molar-refractivity contribution in [3.63, 3.8) is 0 Å². The van der Waals surface area contributed by atoms with Crippen LogP contribution >= 0.6 is 11.3 Å². The van der Waals surface area contributed by atoms with Gasteiger partial charge in [-0.25, -0.2) is 0 Å². The van der Waals surface area contributed by atoms with E-state index in [1.165, 1.54) is 20.5 Å². The Morgan fingerprint density at radius 1 is 1.40 bits per heavy atom. The smallest absolute Gasteiger partial charge is 0.119 e. The monoisotopic (exact) mass is 221 g/mol. The molecule has 0 atom stereocenters. The van der Waals surface area contributed by atoms with E-state index in [1.54, 1.807) is 7.11 Å². The molecule has 0 saturated carbocycles. The van der Waals surface area contributed by atoms with Crippen molar-refractivity contribution in [3.05, 3.63) is 28.6 Å². The Balaban J connectivity index is 2.56. The number of hydrogen-bond acceptors (Lipinski definition) is 3. The number of thiophene rings is 1. The van der Waals surface area contributed by atoms with Gasteiger partial charge in [-0.15, -0.1) is 11.3 Å². The Labute approximate surface area is 93.9 Å². The van der Waals surface area contributed by atoms with Crippen molar-refractivity contribution >= 4 is 21.4 Å². The molecule has 1 aromatic carbocycles. The number of aryl methyl sites for hydroxylation is 1. The van der Waals surface area contributed by atoms with Gasteiger partial charge in [0, 0.05) is 16.1 Å². The van der Waals surface area contributed by atoms with Crippen LogP contribution in [-0.4, -0.2) is 14.2 Å². The standard InChI is InChI=1S/C12H15NOS/c1-8-10-6-9(14-3)4-5-11(10)15-12(8)7-13-2/h4-6,13H,7H2,1-3H3. The molecule has 2 aromatic rings. The molecule has 0 aliphatic heterocycles.